The average molecular weight is 327 g/mol. The predicted molar refractivity (Wildman–Crippen MR) is 93.0 cm³/mol. The van der Waals surface area contributed by atoms with Gasteiger partial charge in [-0.2, -0.15) is 4.68 Å². The Balaban J connectivity index is 2.02. The molecule has 0 amide bonds. The van der Waals surface area contributed by atoms with Gasteiger partial charge in [0.25, 0.3) is 0 Å². The third-order valence-electron chi connectivity index (χ3n) is 3.88. The summed E-state index contributed by atoms with van der Waals surface area (Å²) in [6.45, 7) is 8.55. The highest BCUT2D eigenvalue weighted by Crippen LogP contribution is 2.27. The van der Waals surface area contributed by atoms with Crippen molar-refractivity contribution < 1.29 is 0 Å². The molecular weight excluding hydrogens is 308 g/mol. The Hall–Kier alpha value is -2.20. The van der Waals surface area contributed by atoms with Crippen molar-refractivity contribution in [3.05, 3.63) is 58.6 Å². The molecule has 5 heteroatoms. The maximum absolute atomic E-state index is 6.22. The second-order valence-electron chi connectivity index (χ2n) is 6.68. The topological polar surface area (TPSA) is 43.6 Å². The fourth-order valence-electron chi connectivity index (χ4n) is 2.37. The lowest BCUT2D eigenvalue weighted by Gasteiger charge is -2.19. The molecule has 0 atom stereocenters. The molecule has 0 radical (unpaired) electrons. The van der Waals surface area contributed by atoms with E-state index in [-0.39, 0.29) is 5.41 Å². The van der Waals surface area contributed by atoms with Crippen LogP contribution >= 0.6 is 11.6 Å². The maximum Gasteiger partial charge on any atom is 0.187 e. The lowest BCUT2D eigenvalue weighted by atomic mass is 9.87. The minimum absolute atomic E-state index is 0.120. The first kappa shape index (κ1) is 15.7. The van der Waals surface area contributed by atoms with E-state index >= 15 is 0 Å². The highest BCUT2D eigenvalue weighted by Gasteiger charge is 2.15. The zero-order valence-corrected chi connectivity index (χ0v) is 14.5. The Labute approximate surface area is 141 Å². The normalized spacial score (nSPS) is 11.7. The summed E-state index contributed by atoms with van der Waals surface area (Å²) >= 11 is 6.22. The molecule has 0 aliphatic carbocycles. The Morgan fingerprint density at radius 1 is 1.00 bits per heavy atom. The molecule has 118 valence electrons. The van der Waals surface area contributed by atoms with Crippen LogP contribution in [0.3, 0.4) is 0 Å². The molecule has 23 heavy (non-hydrogen) atoms. The molecule has 0 saturated carbocycles. The van der Waals surface area contributed by atoms with Crippen LogP contribution in [-0.2, 0) is 5.41 Å². The monoisotopic (exact) mass is 326 g/mol. The minimum atomic E-state index is 0.120. The van der Waals surface area contributed by atoms with Crippen LogP contribution in [-0.4, -0.2) is 20.2 Å². The van der Waals surface area contributed by atoms with Crippen molar-refractivity contribution in [3.63, 3.8) is 0 Å². The summed E-state index contributed by atoms with van der Waals surface area (Å²) in [6, 6.07) is 14.2. The number of rotatable bonds is 2. The number of benzene rings is 2. The van der Waals surface area contributed by atoms with Gasteiger partial charge >= 0.3 is 0 Å². The van der Waals surface area contributed by atoms with Crippen LogP contribution in [0.15, 0.2) is 42.5 Å². The van der Waals surface area contributed by atoms with Crippen LogP contribution in [0.2, 0.25) is 5.02 Å². The van der Waals surface area contributed by atoms with Crippen LogP contribution in [0.1, 0.15) is 31.9 Å². The van der Waals surface area contributed by atoms with Crippen molar-refractivity contribution in [2.45, 2.75) is 33.1 Å². The van der Waals surface area contributed by atoms with E-state index < -0.39 is 0 Å². The van der Waals surface area contributed by atoms with Crippen LogP contribution in [0.4, 0.5) is 0 Å². The van der Waals surface area contributed by atoms with Crippen LogP contribution < -0.4 is 0 Å². The number of halogens is 1. The number of aromatic nitrogens is 4. The largest absolute Gasteiger partial charge is 0.193 e. The molecule has 0 aliphatic rings. The van der Waals surface area contributed by atoms with E-state index in [0.29, 0.717) is 10.8 Å². The molecule has 3 aromatic rings. The van der Waals surface area contributed by atoms with Gasteiger partial charge in [-0.1, -0.05) is 62.7 Å². The molecule has 2 aromatic carbocycles. The van der Waals surface area contributed by atoms with Crippen LogP contribution in [0, 0.1) is 6.92 Å². The lowest BCUT2D eigenvalue weighted by molar-refractivity contribution is 0.590. The lowest BCUT2D eigenvalue weighted by Crippen LogP contribution is -2.10. The van der Waals surface area contributed by atoms with E-state index in [2.05, 4.69) is 60.6 Å². The number of tetrazole rings is 1. The summed E-state index contributed by atoms with van der Waals surface area (Å²) in [5, 5.41) is 12.8. The van der Waals surface area contributed by atoms with Crippen molar-refractivity contribution in [1.82, 2.24) is 20.2 Å². The maximum atomic E-state index is 6.22. The summed E-state index contributed by atoms with van der Waals surface area (Å²) in [5.41, 5.74) is 4.24. The first-order chi connectivity index (χ1) is 10.9. The molecule has 0 saturated heterocycles. The van der Waals surface area contributed by atoms with E-state index in [9.17, 15) is 0 Å². The van der Waals surface area contributed by atoms with Crippen LogP contribution in [0.5, 0.6) is 0 Å². The SMILES string of the molecule is Cc1ccc(-n2nnnc2-c2ccc(C(C)(C)C)cc2)cc1Cl. The van der Waals surface area contributed by atoms with Gasteiger partial charge in [0.2, 0.25) is 0 Å². The second kappa shape index (κ2) is 5.78. The molecule has 0 aliphatic heterocycles. The standard InChI is InChI=1S/C18H19ClN4/c1-12-5-10-15(11-16(12)19)23-17(20-21-22-23)13-6-8-14(9-7-13)18(2,3)4/h5-11H,1-4H3. The quantitative estimate of drug-likeness (QED) is 0.692. The molecule has 1 aromatic heterocycles. The Morgan fingerprint density at radius 2 is 1.70 bits per heavy atom. The number of hydrogen-bond donors (Lipinski definition) is 0. The van der Waals surface area contributed by atoms with E-state index in [1.165, 1.54) is 5.56 Å². The van der Waals surface area contributed by atoms with Crippen LogP contribution in [0.25, 0.3) is 17.1 Å². The molecule has 0 spiro atoms. The van der Waals surface area contributed by atoms with Crippen molar-refractivity contribution in [1.29, 1.82) is 0 Å². The Morgan fingerprint density at radius 3 is 2.30 bits per heavy atom. The first-order valence-electron chi connectivity index (χ1n) is 7.52. The molecular formula is C18H19ClN4. The number of aryl methyl sites for hydroxylation is 1. The van der Waals surface area contributed by atoms with Gasteiger partial charge in [0.1, 0.15) is 0 Å². The third-order valence-corrected chi connectivity index (χ3v) is 4.29. The molecule has 0 fully saturated rings. The summed E-state index contributed by atoms with van der Waals surface area (Å²) < 4.78 is 1.71. The van der Waals surface area contributed by atoms with Gasteiger partial charge in [-0.05, 0) is 46.0 Å². The molecule has 3 rings (SSSR count). The van der Waals surface area contributed by atoms with Crippen molar-refractivity contribution >= 4 is 11.6 Å². The van der Waals surface area contributed by atoms with E-state index in [0.717, 1.165) is 16.8 Å². The van der Waals surface area contributed by atoms with Crippen molar-refractivity contribution in [2.75, 3.05) is 0 Å². The number of hydrogen-bond acceptors (Lipinski definition) is 3. The van der Waals surface area contributed by atoms with E-state index in [4.69, 9.17) is 11.6 Å². The van der Waals surface area contributed by atoms with Gasteiger partial charge in [-0.3, -0.25) is 0 Å². The minimum Gasteiger partial charge on any atom is -0.193 e. The van der Waals surface area contributed by atoms with Crippen molar-refractivity contribution in [3.8, 4) is 17.1 Å². The zero-order valence-electron chi connectivity index (χ0n) is 13.7. The molecule has 0 bridgehead atoms. The van der Waals surface area contributed by atoms with Gasteiger partial charge in [-0.15, -0.1) is 5.10 Å². The predicted octanol–water partition coefficient (Wildman–Crippen LogP) is 4.59. The smallest absolute Gasteiger partial charge is 0.187 e. The summed E-state index contributed by atoms with van der Waals surface area (Å²) in [4.78, 5) is 0. The first-order valence-corrected chi connectivity index (χ1v) is 7.90. The fraction of sp³-hybridized carbons (Fsp3) is 0.278. The number of nitrogens with zero attached hydrogens (tertiary/aromatic N) is 4. The summed E-state index contributed by atoms with van der Waals surface area (Å²) in [5.74, 6) is 0.699. The zero-order chi connectivity index (χ0) is 16.6. The van der Waals surface area contributed by atoms with Gasteiger partial charge < -0.3 is 0 Å². The van der Waals surface area contributed by atoms with Crippen molar-refractivity contribution in [2.24, 2.45) is 0 Å². The average Bonchev–Trinajstić information content (AvgIpc) is 2.99. The molecule has 0 unspecified atom stereocenters. The van der Waals surface area contributed by atoms with Gasteiger partial charge in [0, 0.05) is 10.6 Å². The van der Waals surface area contributed by atoms with Gasteiger partial charge in [0.15, 0.2) is 5.82 Å². The highest BCUT2D eigenvalue weighted by molar-refractivity contribution is 6.31. The summed E-state index contributed by atoms with van der Waals surface area (Å²) in [6.07, 6.45) is 0. The van der Waals surface area contributed by atoms with Gasteiger partial charge in [-0.25, -0.2) is 0 Å². The molecule has 1 heterocycles. The summed E-state index contributed by atoms with van der Waals surface area (Å²) in [7, 11) is 0. The molecule has 4 nitrogen and oxygen atoms in total. The van der Waals surface area contributed by atoms with E-state index in [1.54, 1.807) is 4.68 Å². The second-order valence-corrected chi connectivity index (χ2v) is 7.08. The highest BCUT2D eigenvalue weighted by atomic mass is 35.5. The van der Waals surface area contributed by atoms with Gasteiger partial charge in [0.05, 0.1) is 5.69 Å². The fourth-order valence-corrected chi connectivity index (χ4v) is 2.55. The van der Waals surface area contributed by atoms with E-state index in [1.807, 2.05) is 25.1 Å². The Bertz CT molecular complexity index is 829. The molecule has 0 N–H and O–H groups in total. The Kier molecular flexibility index (Phi) is 3.94. The third kappa shape index (κ3) is 3.13.